The first kappa shape index (κ1) is 17.7. The smallest absolute Gasteiger partial charge is 0.253 e. The number of aromatic nitrogens is 3. The molecule has 0 unspecified atom stereocenters. The second-order valence-electron chi connectivity index (χ2n) is 6.49. The van der Waals surface area contributed by atoms with Gasteiger partial charge >= 0.3 is 0 Å². The van der Waals surface area contributed by atoms with E-state index < -0.39 is 0 Å². The number of methoxy groups -OCH3 is 1. The molecule has 2 heterocycles. The molecule has 0 aliphatic carbocycles. The highest BCUT2D eigenvalue weighted by Gasteiger charge is 2.15. The van der Waals surface area contributed by atoms with Crippen LogP contribution in [-0.4, -0.2) is 39.7 Å². The third kappa shape index (κ3) is 3.32. The molecule has 6 nitrogen and oxygen atoms in total. The third-order valence-electron chi connectivity index (χ3n) is 4.68. The maximum absolute atomic E-state index is 12.9. The Kier molecular flexibility index (Phi) is 4.76. The molecule has 1 amide bonds. The lowest BCUT2D eigenvalue weighted by Gasteiger charge is -2.19. The van der Waals surface area contributed by atoms with Gasteiger partial charge in [-0.3, -0.25) is 9.78 Å². The zero-order chi connectivity index (χ0) is 19.5. The lowest BCUT2D eigenvalue weighted by atomic mass is 10.1. The number of pyridine rings is 1. The van der Waals surface area contributed by atoms with Crippen LogP contribution in [0.25, 0.3) is 16.6 Å². The van der Waals surface area contributed by atoms with E-state index in [2.05, 4.69) is 10.1 Å². The van der Waals surface area contributed by atoms with E-state index in [0.29, 0.717) is 12.1 Å². The Labute approximate surface area is 163 Å². The minimum atomic E-state index is -0.0418. The first-order valence-corrected chi connectivity index (χ1v) is 8.93. The Balaban J connectivity index is 1.56. The molecule has 0 spiro atoms. The van der Waals surface area contributed by atoms with Crippen molar-refractivity contribution in [3.63, 3.8) is 0 Å². The minimum absolute atomic E-state index is 0.0418. The van der Waals surface area contributed by atoms with Gasteiger partial charge in [0.2, 0.25) is 0 Å². The summed E-state index contributed by atoms with van der Waals surface area (Å²) >= 11 is 0. The predicted octanol–water partition coefficient (Wildman–Crippen LogP) is 3.70. The standard InChI is InChI=1S/C22H20N4O2/c1-25(15-17-8-11-20(28-2)21-19(17)5-3-12-23-21)22(27)16-6-9-18(10-7-16)26-14-4-13-24-26/h3-14H,15H2,1-2H3. The maximum Gasteiger partial charge on any atom is 0.253 e. The predicted molar refractivity (Wildman–Crippen MR) is 108 cm³/mol. The van der Waals surface area contributed by atoms with Gasteiger partial charge in [-0.15, -0.1) is 0 Å². The molecule has 2 aromatic carbocycles. The molecule has 0 radical (unpaired) electrons. The number of hydrogen-bond donors (Lipinski definition) is 0. The van der Waals surface area contributed by atoms with Gasteiger partial charge in [0.15, 0.2) is 0 Å². The number of amides is 1. The molecule has 0 aliphatic heterocycles. The molecule has 140 valence electrons. The van der Waals surface area contributed by atoms with Gasteiger partial charge in [0.25, 0.3) is 5.91 Å². The maximum atomic E-state index is 12.9. The Morgan fingerprint density at radius 3 is 2.61 bits per heavy atom. The van der Waals surface area contributed by atoms with Gasteiger partial charge in [0.05, 0.1) is 12.8 Å². The second-order valence-corrected chi connectivity index (χ2v) is 6.49. The normalized spacial score (nSPS) is 10.8. The number of carbonyl (C=O) groups excluding carboxylic acids is 1. The minimum Gasteiger partial charge on any atom is -0.494 e. The van der Waals surface area contributed by atoms with E-state index >= 15 is 0 Å². The molecule has 2 aromatic heterocycles. The number of fused-ring (bicyclic) bond motifs is 1. The second kappa shape index (κ2) is 7.52. The van der Waals surface area contributed by atoms with Crippen LogP contribution < -0.4 is 4.74 Å². The molecular weight excluding hydrogens is 352 g/mol. The molecule has 0 bridgehead atoms. The zero-order valence-corrected chi connectivity index (χ0v) is 15.7. The first-order valence-electron chi connectivity index (χ1n) is 8.93. The number of ether oxygens (including phenoxy) is 1. The topological polar surface area (TPSA) is 60.2 Å². The van der Waals surface area contributed by atoms with E-state index in [4.69, 9.17) is 4.74 Å². The lowest BCUT2D eigenvalue weighted by molar-refractivity contribution is 0.0785. The summed E-state index contributed by atoms with van der Waals surface area (Å²) in [6, 6.07) is 17.0. The molecule has 0 fully saturated rings. The summed E-state index contributed by atoms with van der Waals surface area (Å²) < 4.78 is 7.15. The monoisotopic (exact) mass is 372 g/mol. The van der Waals surface area contributed by atoms with Crippen molar-refractivity contribution in [3.05, 3.63) is 84.3 Å². The van der Waals surface area contributed by atoms with E-state index in [1.807, 2.05) is 60.8 Å². The van der Waals surface area contributed by atoms with Gasteiger partial charge in [-0.05, 0) is 48.0 Å². The number of carbonyl (C=O) groups is 1. The lowest BCUT2D eigenvalue weighted by Crippen LogP contribution is -2.26. The average molecular weight is 372 g/mol. The van der Waals surface area contributed by atoms with Crippen molar-refractivity contribution in [2.45, 2.75) is 6.54 Å². The zero-order valence-electron chi connectivity index (χ0n) is 15.7. The highest BCUT2D eigenvalue weighted by molar-refractivity contribution is 5.94. The summed E-state index contributed by atoms with van der Waals surface area (Å²) in [6.45, 7) is 0.478. The summed E-state index contributed by atoms with van der Waals surface area (Å²) in [5.74, 6) is 0.683. The molecule has 4 rings (SSSR count). The van der Waals surface area contributed by atoms with Gasteiger partial charge < -0.3 is 9.64 Å². The molecule has 28 heavy (non-hydrogen) atoms. The summed E-state index contributed by atoms with van der Waals surface area (Å²) in [4.78, 5) is 19.0. The largest absolute Gasteiger partial charge is 0.494 e. The van der Waals surface area contributed by atoms with Crippen LogP contribution in [-0.2, 0) is 6.54 Å². The number of nitrogens with zero attached hydrogens (tertiary/aromatic N) is 4. The SMILES string of the molecule is COc1ccc(CN(C)C(=O)c2ccc(-n3cccn3)cc2)c2cccnc12. The van der Waals surface area contributed by atoms with Gasteiger partial charge in [-0.25, -0.2) is 4.68 Å². The van der Waals surface area contributed by atoms with Crippen molar-refractivity contribution in [1.82, 2.24) is 19.7 Å². The average Bonchev–Trinajstić information content (AvgIpc) is 3.28. The van der Waals surface area contributed by atoms with Crippen LogP contribution in [0.1, 0.15) is 15.9 Å². The number of hydrogen-bond acceptors (Lipinski definition) is 4. The van der Waals surface area contributed by atoms with E-state index in [9.17, 15) is 4.79 Å². The van der Waals surface area contributed by atoms with Crippen LogP contribution in [0.2, 0.25) is 0 Å². The van der Waals surface area contributed by atoms with E-state index in [1.54, 1.807) is 36.1 Å². The van der Waals surface area contributed by atoms with Crippen molar-refractivity contribution in [3.8, 4) is 11.4 Å². The fourth-order valence-corrected chi connectivity index (χ4v) is 3.23. The molecular formula is C22H20N4O2. The van der Waals surface area contributed by atoms with E-state index in [0.717, 1.165) is 27.9 Å². The molecule has 4 aromatic rings. The molecule has 0 aliphatic rings. The third-order valence-corrected chi connectivity index (χ3v) is 4.68. The first-order chi connectivity index (χ1) is 13.7. The Hall–Kier alpha value is -3.67. The highest BCUT2D eigenvalue weighted by Crippen LogP contribution is 2.27. The summed E-state index contributed by atoms with van der Waals surface area (Å²) in [5.41, 5.74) is 3.37. The fourth-order valence-electron chi connectivity index (χ4n) is 3.23. The van der Waals surface area contributed by atoms with Crippen molar-refractivity contribution in [2.24, 2.45) is 0 Å². The van der Waals surface area contributed by atoms with Gasteiger partial charge in [0, 0.05) is 43.1 Å². The fraction of sp³-hybridized carbons (Fsp3) is 0.136. The van der Waals surface area contributed by atoms with E-state index in [-0.39, 0.29) is 5.91 Å². The molecule has 0 N–H and O–H groups in total. The van der Waals surface area contributed by atoms with Crippen LogP contribution in [0.5, 0.6) is 5.75 Å². The van der Waals surface area contributed by atoms with Crippen molar-refractivity contribution >= 4 is 16.8 Å². The number of benzene rings is 2. The van der Waals surface area contributed by atoms with Gasteiger partial charge in [-0.2, -0.15) is 5.10 Å². The van der Waals surface area contributed by atoms with Crippen LogP contribution in [0.15, 0.2) is 73.2 Å². The van der Waals surface area contributed by atoms with Crippen molar-refractivity contribution < 1.29 is 9.53 Å². The van der Waals surface area contributed by atoms with Crippen molar-refractivity contribution in [2.75, 3.05) is 14.2 Å². The quantitative estimate of drug-likeness (QED) is 0.536. The summed E-state index contributed by atoms with van der Waals surface area (Å²) in [6.07, 6.45) is 5.33. The molecule has 6 heteroatoms. The highest BCUT2D eigenvalue weighted by atomic mass is 16.5. The summed E-state index contributed by atoms with van der Waals surface area (Å²) in [5, 5.41) is 5.18. The van der Waals surface area contributed by atoms with Crippen molar-refractivity contribution in [1.29, 1.82) is 0 Å². The summed E-state index contributed by atoms with van der Waals surface area (Å²) in [7, 11) is 3.43. The number of rotatable bonds is 5. The van der Waals surface area contributed by atoms with Crippen LogP contribution in [0, 0.1) is 0 Å². The van der Waals surface area contributed by atoms with Crippen LogP contribution >= 0.6 is 0 Å². The Morgan fingerprint density at radius 1 is 1.07 bits per heavy atom. The van der Waals surface area contributed by atoms with Crippen LogP contribution in [0.3, 0.4) is 0 Å². The molecule has 0 saturated carbocycles. The van der Waals surface area contributed by atoms with Crippen LogP contribution in [0.4, 0.5) is 0 Å². The van der Waals surface area contributed by atoms with Gasteiger partial charge in [0.1, 0.15) is 11.3 Å². The Bertz CT molecular complexity index is 1110. The van der Waals surface area contributed by atoms with E-state index in [1.165, 1.54) is 0 Å². The molecule has 0 atom stereocenters. The Morgan fingerprint density at radius 2 is 1.89 bits per heavy atom. The molecule has 0 saturated heterocycles. The van der Waals surface area contributed by atoms with Gasteiger partial charge in [-0.1, -0.05) is 12.1 Å².